The Labute approximate surface area is 388 Å². The van der Waals surface area contributed by atoms with Crippen LogP contribution in [0.3, 0.4) is 0 Å². The summed E-state index contributed by atoms with van der Waals surface area (Å²) in [6, 6.07) is 8.54. The van der Waals surface area contributed by atoms with Gasteiger partial charge < -0.3 is 44.8 Å². The number of methoxy groups -OCH3 is 3. The maximum Gasteiger partial charge on any atom is 0.328 e. The minimum absolute atomic E-state index is 0.0748. The fourth-order valence-corrected chi connectivity index (χ4v) is 8.34. The van der Waals surface area contributed by atoms with Gasteiger partial charge in [-0.2, -0.15) is 0 Å². The summed E-state index contributed by atoms with van der Waals surface area (Å²) in [5, 5.41) is 9.07. The third-order valence-corrected chi connectivity index (χ3v) is 12.1. The normalized spacial score (nSPS) is 18.5. The molecule has 3 rings (SSSR count). The summed E-state index contributed by atoms with van der Waals surface area (Å²) in [6.45, 7) is 25.0. The molecular formula is C49H91N7O8. The van der Waals surface area contributed by atoms with Gasteiger partial charge in [-0.1, -0.05) is 105 Å². The number of likely N-dealkylation sites (tertiary alicyclic amines) is 1. The number of nitrogens with one attached hydrogen (secondary N) is 3. The molecule has 0 aromatic heterocycles. The van der Waals surface area contributed by atoms with Gasteiger partial charge in [-0.25, -0.2) is 4.79 Å². The Bertz CT molecular complexity index is 1420. The van der Waals surface area contributed by atoms with Crippen LogP contribution in [0.25, 0.3) is 0 Å². The molecule has 2 aliphatic heterocycles. The maximum atomic E-state index is 13.0. The molecule has 1 aromatic rings. The molecule has 0 radical (unpaired) electrons. The van der Waals surface area contributed by atoms with Gasteiger partial charge in [0.15, 0.2) is 0 Å². The van der Waals surface area contributed by atoms with Crippen LogP contribution in [0.1, 0.15) is 100.0 Å². The molecule has 2 fully saturated rings. The van der Waals surface area contributed by atoms with Crippen molar-refractivity contribution in [3.8, 4) is 0 Å². The monoisotopic (exact) mass is 906 g/mol. The number of aldehydes is 1. The Kier molecular flexibility index (Phi) is 32.9. The third-order valence-electron chi connectivity index (χ3n) is 12.1. The molecule has 1 aromatic carbocycles. The van der Waals surface area contributed by atoms with E-state index >= 15 is 0 Å². The molecule has 0 spiro atoms. The summed E-state index contributed by atoms with van der Waals surface area (Å²) >= 11 is 0. The van der Waals surface area contributed by atoms with Crippen molar-refractivity contribution in [2.45, 2.75) is 137 Å². The van der Waals surface area contributed by atoms with E-state index in [0.29, 0.717) is 6.42 Å². The molecule has 15 nitrogen and oxygen atoms in total. The zero-order valence-electron chi connectivity index (χ0n) is 42.6. The summed E-state index contributed by atoms with van der Waals surface area (Å²) in [5.41, 5.74) is 0.967. The molecule has 0 saturated carbocycles. The number of nitrogens with zero attached hydrogens (tertiary/aromatic N) is 4. The van der Waals surface area contributed by atoms with Gasteiger partial charge in [0.1, 0.15) is 12.3 Å². The molecule has 3 N–H and O–H groups in total. The van der Waals surface area contributed by atoms with Crippen LogP contribution >= 0.6 is 0 Å². The lowest BCUT2D eigenvalue weighted by Gasteiger charge is -2.37. The molecule has 15 heteroatoms. The van der Waals surface area contributed by atoms with Crippen molar-refractivity contribution in [1.29, 1.82) is 0 Å². The van der Waals surface area contributed by atoms with Crippen LogP contribution in [0.5, 0.6) is 0 Å². The van der Waals surface area contributed by atoms with Crippen LogP contribution in [0, 0.1) is 17.8 Å². The van der Waals surface area contributed by atoms with E-state index in [2.05, 4.69) is 58.5 Å². The Hall–Kier alpha value is -3.47. The van der Waals surface area contributed by atoms with Crippen LogP contribution in [0.4, 0.5) is 0 Å². The van der Waals surface area contributed by atoms with Gasteiger partial charge in [-0.3, -0.25) is 24.2 Å². The highest BCUT2D eigenvalue weighted by Gasteiger charge is 2.38. The molecule has 8 atom stereocenters. The van der Waals surface area contributed by atoms with Crippen LogP contribution in [-0.2, 0) is 44.6 Å². The summed E-state index contributed by atoms with van der Waals surface area (Å²) in [5.74, 6) is -1.06. The Morgan fingerprint density at radius 2 is 1.53 bits per heavy atom. The fraction of sp³-hybridized carbons (Fsp3) is 0.776. The number of ether oxygens (including phenoxy) is 3. The van der Waals surface area contributed by atoms with Crippen molar-refractivity contribution in [3.05, 3.63) is 35.9 Å². The number of hydrogen-bond donors (Lipinski definition) is 3. The first kappa shape index (κ1) is 60.5. The lowest BCUT2D eigenvalue weighted by atomic mass is 9.91. The van der Waals surface area contributed by atoms with E-state index in [4.69, 9.17) is 14.2 Å². The molecular weight excluding hydrogens is 815 g/mol. The Balaban J connectivity index is 0.00000115. The molecule has 8 unspecified atom stereocenters. The zero-order chi connectivity index (χ0) is 48.8. The lowest BCUT2D eigenvalue weighted by Crippen LogP contribution is -2.55. The molecule has 0 bridgehead atoms. The maximum absolute atomic E-state index is 13.0. The first-order valence-corrected chi connectivity index (χ1v) is 23.8. The van der Waals surface area contributed by atoms with Gasteiger partial charge in [0.05, 0.1) is 43.9 Å². The van der Waals surface area contributed by atoms with E-state index in [0.717, 1.165) is 76.9 Å². The quantitative estimate of drug-likeness (QED) is 0.104. The minimum atomic E-state index is -0.712. The zero-order valence-corrected chi connectivity index (χ0v) is 42.6. The number of esters is 1. The van der Waals surface area contributed by atoms with E-state index in [1.54, 1.807) is 26.2 Å². The van der Waals surface area contributed by atoms with Gasteiger partial charge in [0.2, 0.25) is 17.7 Å². The highest BCUT2D eigenvalue weighted by Crippen LogP contribution is 2.25. The van der Waals surface area contributed by atoms with E-state index in [1.165, 1.54) is 13.5 Å². The SMILES string of the molecule is CC.CCC.CCC(C)C(C(CC=O)OC)N(C)C(=O)CNC(=O)C(C(C)C)N(C)CCN1CCNCC1.COC(=O)C(Cc1ccccc1)NC(=O)C(C)C(OC)C1CCCN1C. The summed E-state index contributed by atoms with van der Waals surface area (Å²) in [7, 11) is 10.3. The standard InChI is InChI=1S/C24H47N5O4.C20H30N2O4.C3H8.C2H6/c1-8-19(4)23(20(33-7)9-16-30)28(6)21(31)17-26-24(32)22(18(2)3)27(5)14-15-29-12-10-25-11-13-29;1-14(18(25-3)17-11-8-12-22(17)2)19(23)21-16(20(24)26-4)13-15-9-6-5-7-10-15;1-3-2;1-2/h16,18-20,22-23,25H,8-15,17H2,1-7H3,(H,26,32);5-7,9-10,14,16-18H,8,11-13H2,1-4H3,(H,21,23);3H2,1-2H3;1-2H3. The molecule has 2 heterocycles. The number of likely N-dealkylation sites (N-methyl/N-ethyl adjacent to an activating group) is 3. The second-order valence-corrected chi connectivity index (χ2v) is 17.2. The van der Waals surface area contributed by atoms with Crippen molar-refractivity contribution < 1.29 is 38.2 Å². The molecule has 0 aliphatic carbocycles. The number of hydrogen-bond acceptors (Lipinski definition) is 12. The van der Waals surface area contributed by atoms with E-state index in [9.17, 15) is 24.0 Å². The van der Waals surface area contributed by atoms with Crippen molar-refractivity contribution in [1.82, 2.24) is 35.6 Å². The number of amides is 3. The van der Waals surface area contributed by atoms with Crippen LogP contribution in [-0.4, -0.2) is 181 Å². The number of benzene rings is 1. The molecule has 370 valence electrons. The number of rotatable bonds is 23. The predicted octanol–water partition coefficient (Wildman–Crippen LogP) is 4.52. The molecule has 3 amide bonds. The first-order chi connectivity index (χ1) is 30.6. The number of carbonyl (C=O) groups is 5. The summed E-state index contributed by atoms with van der Waals surface area (Å²) in [4.78, 5) is 70.4. The van der Waals surface area contributed by atoms with Crippen molar-refractivity contribution in [2.24, 2.45) is 17.8 Å². The molecule has 2 saturated heterocycles. The van der Waals surface area contributed by atoms with Crippen molar-refractivity contribution >= 4 is 30.0 Å². The van der Waals surface area contributed by atoms with E-state index < -0.39 is 12.0 Å². The third kappa shape index (κ3) is 21.2. The first-order valence-electron chi connectivity index (χ1n) is 23.8. The van der Waals surface area contributed by atoms with Crippen LogP contribution in [0.15, 0.2) is 30.3 Å². The summed E-state index contributed by atoms with van der Waals surface area (Å²) < 4.78 is 16.1. The average molecular weight is 906 g/mol. The van der Waals surface area contributed by atoms with Crippen LogP contribution < -0.4 is 16.0 Å². The van der Waals surface area contributed by atoms with Crippen molar-refractivity contribution in [2.75, 3.05) is 94.8 Å². The van der Waals surface area contributed by atoms with E-state index in [1.807, 2.05) is 78.9 Å². The predicted molar refractivity (Wildman–Crippen MR) is 258 cm³/mol. The largest absolute Gasteiger partial charge is 0.467 e. The highest BCUT2D eigenvalue weighted by atomic mass is 16.5. The van der Waals surface area contributed by atoms with Gasteiger partial charge in [-0.05, 0) is 50.9 Å². The highest BCUT2D eigenvalue weighted by molar-refractivity contribution is 5.88. The molecule has 64 heavy (non-hydrogen) atoms. The summed E-state index contributed by atoms with van der Waals surface area (Å²) in [6.07, 6.45) is 5.08. The van der Waals surface area contributed by atoms with Gasteiger partial charge >= 0.3 is 5.97 Å². The van der Waals surface area contributed by atoms with Crippen LogP contribution in [0.2, 0.25) is 0 Å². The Morgan fingerprint density at radius 1 is 0.922 bits per heavy atom. The van der Waals surface area contributed by atoms with E-state index in [-0.39, 0.29) is 78.8 Å². The van der Waals surface area contributed by atoms with Gasteiger partial charge in [0.25, 0.3) is 0 Å². The number of carbonyl (C=O) groups excluding carboxylic acids is 5. The Morgan fingerprint density at radius 3 is 2.02 bits per heavy atom. The fourth-order valence-electron chi connectivity index (χ4n) is 8.34. The minimum Gasteiger partial charge on any atom is -0.467 e. The average Bonchev–Trinajstić information content (AvgIpc) is 3.73. The second-order valence-electron chi connectivity index (χ2n) is 17.2. The van der Waals surface area contributed by atoms with Gasteiger partial charge in [0, 0.05) is 79.4 Å². The van der Waals surface area contributed by atoms with Crippen molar-refractivity contribution in [3.63, 3.8) is 0 Å². The number of piperazine rings is 1. The topological polar surface area (TPSA) is 162 Å². The second kappa shape index (κ2) is 34.8. The molecule has 2 aliphatic rings. The smallest absolute Gasteiger partial charge is 0.328 e. The lowest BCUT2D eigenvalue weighted by molar-refractivity contribution is -0.146. The van der Waals surface area contributed by atoms with Gasteiger partial charge in [-0.15, -0.1) is 0 Å².